The van der Waals surface area contributed by atoms with Gasteiger partial charge in [0.15, 0.2) is 0 Å². The van der Waals surface area contributed by atoms with Crippen LogP contribution < -0.4 is 15.1 Å². The number of benzene rings is 3. The molecular weight excluding hydrogens is 468 g/mol. The fourth-order valence-electron chi connectivity index (χ4n) is 4.74. The second-order valence-electron chi connectivity index (χ2n) is 9.42. The molecular formula is C29H30N4O2S. The molecule has 36 heavy (non-hydrogen) atoms. The number of hydrazone groups is 1. The van der Waals surface area contributed by atoms with E-state index in [-0.39, 0.29) is 5.24 Å². The van der Waals surface area contributed by atoms with E-state index < -0.39 is 4.75 Å². The number of fused-ring (bicyclic) bond motifs is 1. The molecule has 0 aromatic heterocycles. The van der Waals surface area contributed by atoms with Crippen LogP contribution in [-0.4, -0.2) is 35.2 Å². The smallest absolute Gasteiger partial charge is 0.300 e. The van der Waals surface area contributed by atoms with Crippen LogP contribution in [0.3, 0.4) is 0 Å². The quantitative estimate of drug-likeness (QED) is 0.344. The number of nitrogens with one attached hydrogen (secondary N) is 1. The van der Waals surface area contributed by atoms with E-state index in [1.54, 1.807) is 7.11 Å². The number of thioether (sulfide) groups is 1. The summed E-state index contributed by atoms with van der Waals surface area (Å²) in [6.45, 7) is 5.58. The first-order valence-electron chi connectivity index (χ1n) is 12.2. The number of nitrogens with zero attached hydrogens (tertiary/aromatic N) is 3. The number of ether oxygens (including phenoxy) is 1. The summed E-state index contributed by atoms with van der Waals surface area (Å²) in [6.07, 6.45) is 2.01. The molecule has 0 aliphatic carbocycles. The van der Waals surface area contributed by atoms with Gasteiger partial charge >= 0.3 is 0 Å². The van der Waals surface area contributed by atoms with E-state index in [0.717, 1.165) is 47.8 Å². The molecule has 5 rings (SSSR count). The Kier molecular flexibility index (Phi) is 6.83. The standard InChI is InChI=1S/C29H30N4O2S/c1-29(2)26(31-32-28(34)36-29)23-13-16-25-22(18-23)10-7-17-33(25)27(21-11-14-24(35-3)15-12-21)30-19-20-8-5-4-6-9-20/h4-6,8-9,11-16,18H,7,10,17,19H2,1-3H3,(H,32,34)/b30-27-. The highest BCUT2D eigenvalue weighted by atomic mass is 32.2. The van der Waals surface area contributed by atoms with E-state index in [1.807, 2.05) is 44.2 Å². The highest BCUT2D eigenvalue weighted by molar-refractivity contribution is 8.15. The number of carbonyl (C=O) groups excluding carboxylic acids is 1. The number of hydrogen-bond acceptors (Lipinski definition) is 5. The molecule has 0 unspecified atom stereocenters. The minimum Gasteiger partial charge on any atom is -0.497 e. The Morgan fingerprint density at radius 2 is 1.89 bits per heavy atom. The lowest BCUT2D eigenvalue weighted by Crippen LogP contribution is -2.39. The Morgan fingerprint density at radius 3 is 2.61 bits per heavy atom. The van der Waals surface area contributed by atoms with Gasteiger partial charge in [-0.15, -0.1) is 0 Å². The molecule has 2 aliphatic rings. The van der Waals surface area contributed by atoms with Crippen LogP contribution in [0.15, 0.2) is 82.9 Å². The van der Waals surface area contributed by atoms with Crippen molar-refractivity contribution in [2.24, 2.45) is 10.1 Å². The number of aryl methyl sites for hydroxylation is 1. The Morgan fingerprint density at radius 1 is 1.11 bits per heavy atom. The minimum atomic E-state index is -0.393. The lowest BCUT2D eigenvalue weighted by molar-refractivity contribution is 0.260. The van der Waals surface area contributed by atoms with Crippen molar-refractivity contribution in [1.82, 2.24) is 5.43 Å². The third kappa shape index (κ3) is 5.02. The predicted molar refractivity (Wildman–Crippen MR) is 149 cm³/mol. The van der Waals surface area contributed by atoms with Crippen LogP contribution in [-0.2, 0) is 13.0 Å². The molecule has 7 heteroatoms. The number of hydrogen-bond donors (Lipinski definition) is 1. The topological polar surface area (TPSA) is 66.3 Å². The van der Waals surface area contributed by atoms with Crippen LogP contribution >= 0.6 is 11.8 Å². The summed E-state index contributed by atoms with van der Waals surface area (Å²) in [5.41, 5.74) is 9.22. The summed E-state index contributed by atoms with van der Waals surface area (Å²) in [7, 11) is 1.68. The SMILES string of the molecule is COc1ccc(/C(=N/Cc2ccccc2)N2CCCc3cc(C4=NNC(=O)SC4(C)C)ccc32)cc1. The maximum atomic E-state index is 11.9. The molecule has 0 radical (unpaired) electrons. The van der Waals surface area contributed by atoms with E-state index in [4.69, 9.17) is 9.73 Å². The van der Waals surface area contributed by atoms with Gasteiger partial charge in [0.1, 0.15) is 11.6 Å². The average Bonchev–Trinajstić information content (AvgIpc) is 2.89. The fourth-order valence-corrected chi connectivity index (χ4v) is 5.55. The molecule has 0 fully saturated rings. The number of amidine groups is 1. The van der Waals surface area contributed by atoms with Crippen molar-refractivity contribution in [3.63, 3.8) is 0 Å². The summed E-state index contributed by atoms with van der Waals surface area (Å²) >= 11 is 1.27. The molecule has 2 heterocycles. The first kappa shape index (κ1) is 24.1. The van der Waals surface area contributed by atoms with Gasteiger partial charge in [-0.1, -0.05) is 48.2 Å². The van der Waals surface area contributed by atoms with Crippen LogP contribution in [0, 0.1) is 0 Å². The summed E-state index contributed by atoms with van der Waals surface area (Å²) in [6, 6.07) is 25.0. The number of rotatable bonds is 5. The highest BCUT2D eigenvalue weighted by Gasteiger charge is 2.34. The van der Waals surface area contributed by atoms with E-state index in [9.17, 15) is 4.79 Å². The Bertz CT molecular complexity index is 1320. The first-order valence-corrected chi connectivity index (χ1v) is 13.0. The lowest BCUT2D eigenvalue weighted by Gasteiger charge is -2.34. The second-order valence-corrected chi connectivity index (χ2v) is 11.0. The van der Waals surface area contributed by atoms with Crippen molar-refractivity contribution in [2.75, 3.05) is 18.6 Å². The Hall–Kier alpha value is -3.58. The van der Waals surface area contributed by atoms with Gasteiger partial charge in [0, 0.05) is 17.8 Å². The van der Waals surface area contributed by atoms with Crippen molar-refractivity contribution in [1.29, 1.82) is 0 Å². The molecule has 1 amide bonds. The molecule has 0 saturated heterocycles. The first-order chi connectivity index (χ1) is 17.4. The largest absolute Gasteiger partial charge is 0.497 e. The van der Waals surface area contributed by atoms with Crippen LogP contribution in [0.2, 0.25) is 0 Å². The molecule has 0 bridgehead atoms. The lowest BCUT2D eigenvalue weighted by atomic mass is 9.93. The normalized spacial score (nSPS) is 17.2. The number of carbonyl (C=O) groups is 1. The van der Waals surface area contributed by atoms with Crippen LogP contribution in [0.5, 0.6) is 5.75 Å². The molecule has 0 saturated carbocycles. The Balaban J connectivity index is 1.53. The van der Waals surface area contributed by atoms with E-state index in [2.05, 4.69) is 57.9 Å². The zero-order valence-electron chi connectivity index (χ0n) is 20.8. The molecule has 184 valence electrons. The van der Waals surface area contributed by atoms with Gasteiger partial charge in [-0.3, -0.25) is 9.79 Å². The Labute approximate surface area is 216 Å². The maximum absolute atomic E-state index is 11.9. The molecule has 2 aliphatic heterocycles. The summed E-state index contributed by atoms with van der Waals surface area (Å²) in [5.74, 6) is 1.78. The monoisotopic (exact) mass is 498 g/mol. The third-order valence-corrected chi connectivity index (χ3v) is 7.49. The number of aliphatic imine (C=N–C) groups is 1. The second kappa shape index (κ2) is 10.2. The molecule has 0 atom stereocenters. The van der Waals surface area contributed by atoms with Crippen molar-refractivity contribution in [2.45, 2.75) is 38.0 Å². The van der Waals surface area contributed by atoms with Gasteiger partial charge in [0.25, 0.3) is 5.24 Å². The molecule has 3 aromatic carbocycles. The van der Waals surface area contributed by atoms with Crippen molar-refractivity contribution >= 4 is 34.2 Å². The van der Waals surface area contributed by atoms with Gasteiger partial charge in [-0.2, -0.15) is 5.10 Å². The van der Waals surface area contributed by atoms with Crippen molar-refractivity contribution < 1.29 is 9.53 Å². The average molecular weight is 499 g/mol. The van der Waals surface area contributed by atoms with Gasteiger partial charge < -0.3 is 9.64 Å². The van der Waals surface area contributed by atoms with Crippen LogP contribution in [0.4, 0.5) is 10.5 Å². The summed E-state index contributed by atoms with van der Waals surface area (Å²) in [5, 5.41) is 4.29. The molecule has 3 aromatic rings. The van der Waals surface area contributed by atoms with Gasteiger partial charge in [-0.05, 0) is 79.8 Å². The molecule has 1 N–H and O–H groups in total. The van der Waals surface area contributed by atoms with Crippen molar-refractivity contribution in [3.8, 4) is 5.75 Å². The molecule has 0 spiro atoms. The van der Waals surface area contributed by atoms with E-state index in [0.29, 0.717) is 6.54 Å². The van der Waals surface area contributed by atoms with Gasteiger partial charge in [0.05, 0.1) is 24.1 Å². The zero-order chi connectivity index (χ0) is 25.1. The maximum Gasteiger partial charge on any atom is 0.300 e. The third-order valence-electron chi connectivity index (χ3n) is 6.51. The van der Waals surface area contributed by atoms with E-state index >= 15 is 0 Å². The van der Waals surface area contributed by atoms with Crippen molar-refractivity contribution in [3.05, 3.63) is 95.1 Å². The fraction of sp³-hybridized carbons (Fsp3) is 0.276. The zero-order valence-corrected chi connectivity index (χ0v) is 21.6. The number of amides is 1. The van der Waals surface area contributed by atoms with Crippen LogP contribution in [0.25, 0.3) is 0 Å². The van der Waals surface area contributed by atoms with Gasteiger partial charge in [0.2, 0.25) is 0 Å². The molecule has 6 nitrogen and oxygen atoms in total. The van der Waals surface area contributed by atoms with Crippen LogP contribution in [0.1, 0.15) is 42.5 Å². The predicted octanol–water partition coefficient (Wildman–Crippen LogP) is 6.03. The summed E-state index contributed by atoms with van der Waals surface area (Å²) in [4.78, 5) is 19.3. The summed E-state index contributed by atoms with van der Waals surface area (Å²) < 4.78 is 4.99. The highest BCUT2D eigenvalue weighted by Crippen LogP contribution is 2.35. The van der Waals surface area contributed by atoms with Gasteiger partial charge in [-0.25, -0.2) is 5.43 Å². The number of methoxy groups -OCH3 is 1. The van der Waals surface area contributed by atoms with E-state index in [1.165, 1.54) is 28.6 Å². The number of anilines is 1. The minimum absolute atomic E-state index is 0.119.